The van der Waals surface area contributed by atoms with E-state index in [0.717, 1.165) is 27.7 Å². The van der Waals surface area contributed by atoms with Crippen molar-refractivity contribution in [3.8, 4) is 11.5 Å². The lowest BCUT2D eigenvalue weighted by atomic mass is 10.1. The summed E-state index contributed by atoms with van der Waals surface area (Å²) in [7, 11) is 0. The number of aromatic amines is 1. The normalized spacial score (nSPS) is 11.8. The van der Waals surface area contributed by atoms with Crippen LogP contribution < -0.4 is 5.32 Å². The van der Waals surface area contributed by atoms with Gasteiger partial charge in [-0.1, -0.05) is 36.6 Å². The number of hydrogen-bond donors (Lipinski definition) is 2. The molecule has 1 unspecified atom stereocenters. The highest BCUT2D eigenvalue weighted by Gasteiger charge is 2.14. The topological polar surface area (TPSA) is 79.6 Å². The molecule has 0 radical (unpaired) electrons. The number of rotatable bonds is 4. The molecule has 0 aliphatic carbocycles. The lowest BCUT2D eigenvalue weighted by molar-refractivity contribution is 0.573. The van der Waals surface area contributed by atoms with Crippen LogP contribution in [-0.2, 0) is 0 Å². The highest BCUT2D eigenvalue weighted by atomic mass is 35.5. The number of hydrogen-bond acceptors (Lipinski definition) is 5. The van der Waals surface area contributed by atoms with Crippen LogP contribution in [0.5, 0.6) is 0 Å². The number of nitrogens with zero attached hydrogens (tertiary/aromatic N) is 3. The van der Waals surface area contributed by atoms with Crippen LogP contribution in [0.4, 0.5) is 10.4 Å². The predicted molar refractivity (Wildman–Crippen MR) is 109 cm³/mol. The van der Waals surface area contributed by atoms with Gasteiger partial charge in [-0.25, -0.2) is 4.39 Å². The Labute approximate surface area is 167 Å². The van der Waals surface area contributed by atoms with E-state index in [1.54, 1.807) is 12.1 Å². The van der Waals surface area contributed by atoms with Crippen molar-refractivity contribution in [1.29, 1.82) is 0 Å². The number of nitrogens with one attached hydrogen (secondary N) is 2. The van der Waals surface area contributed by atoms with Gasteiger partial charge in [0.05, 0.1) is 16.6 Å². The molecule has 0 aliphatic rings. The summed E-state index contributed by atoms with van der Waals surface area (Å²) in [4.78, 5) is 0. The first-order chi connectivity index (χ1) is 13.5. The molecule has 0 amide bonds. The van der Waals surface area contributed by atoms with Crippen molar-refractivity contribution in [2.75, 3.05) is 5.32 Å². The Hall–Kier alpha value is -2.93. The molecule has 0 bridgehead atoms. The molecule has 8 heteroatoms. The molecular weight excluding hydrogens is 381 g/mol. The molecule has 28 heavy (non-hydrogen) atoms. The molecule has 1 atom stereocenters. The fourth-order valence-electron chi connectivity index (χ4n) is 2.72. The van der Waals surface area contributed by atoms with Gasteiger partial charge in [-0.15, -0.1) is 5.10 Å². The first-order valence-electron chi connectivity index (χ1n) is 9.01. The zero-order valence-corrected chi connectivity index (χ0v) is 16.8. The van der Waals surface area contributed by atoms with Crippen LogP contribution >= 0.6 is 11.6 Å². The molecule has 2 aromatic carbocycles. The highest BCUT2D eigenvalue weighted by Crippen LogP contribution is 2.27. The molecular formula is C20H21ClFN5O. The molecule has 146 valence electrons. The number of aromatic nitrogens is 4. The van der Waals surface area contributed by atoms with E-state index in [4.69, 9.17) is 16.0 Å². The summed E-state index contributed by atoms with van der Waals surface area (Å²) in [6.45, 7) is 7.85. The molecule has 4 aromatic rings. The summed E-state index contributed by atoms with van der Waals surface area (Å²) in [5.74, 6) is -0.0491. The van der Waals surface area contributed by atoms with Gasteiger partial charge in [-0.3, -0.25) is 5.10 Å². The number of aryl methyl sites for hydroxylation is 1. The summed E-state index contributed by atoms with van der Waals surface area (Å²) in [5, 5.41) is 19.4. The third-order valence-electron chi connectivity index (χ3n) is 4.20. The van der Waals surface area contributed by atoms with Crippen molar-refractivity contribution >= 4 is 28.5 Å². The van der Waals surface area contributed by atoms with E-state index in [2.05, 4.69) is 25.7 Å². The number of anilines is 1. The maximum atomic E-state index is 13.3. The second kappa shape index (κ2) is 8.39. The second-order valence-corrected chi connectivity index (χ2v) is 6.44. The van der Waals surface area contributed by atoms with Gasteiger partial charge in [0.1, 0.15) is 5.82 Å². The standard InChI is InChI=1S/C18H15ClFN5O.C2H6/c1-9(11-3-5-15(20)14(19)8-11)21-18-25-24-17(26-18)12-4-6-16-13(7-12)10(2)22-23-16;1-2/h3-9H,1-2H3,(H,21,25)(H,22,23);1-2H3. The Kier molecular flexibility index (Phi) is 5.94. The van der Waals surface area contributed by atoms with Gasteiger partial charge in [0.15, 0.2) is 0 Å². The summed E-state index contributed by atoms with van der Waals surface area (Å²) in [5.41, 5.74) is 3.47. The summed E-state index contributed by atoms with van der Waals surface area (Å²) in [6, 6.07) is 10.4. The van der Waals surface area contributed by atoms with Gasteiger partial charge in [-0.2, -0.15) is 5.10 Å². The van der Waals surface area contributed by atoms with E-state index < -0.39 is 5.82 Å². The molecule has 2 aromatic heterocycles. The molecule has 0 spiro atoms. The van der Waals surface area contributed by atoms with Crippen LogP contribution in [0.1, 0.15) is 38.1 Å². The predicted octanol–water partition coefficient (Wildman–Crippen LogP) is 5.91. The molecule has 0 saturated carbocycles. The fourth-order valence-corrected chi connectivity index (χ4v) is 2.91. The molecule has 2 heterocycles. The van der Waals surface area contributed by atoms with Gasteiger partial charge in [-0.05, 0) is 49.7 Å². The lowest BCUT2D eigenvalue weighted by Gasteiger charge is -2.12. The number of halogens is 2. The van der Waals surface area contributed by atoms with Crippen molar-refractivity contribution in [3.05, 3.63) is 58.5 Å². The van der Waals surface area contributed by atoms with Gasteiger partial charge < -0.3 is 9.73 Å². The molecule has 4 rings (SSSR count). The molecule has 0 saturated heterocycles. The minimum atomic E-state index is -0.451. The maximum absolute atomic E-state index is 13.3. The molecule has 0 aliphatic heterocycles. The highest BCUT2D eigenvalue weighted by molar-refractivity contribution is 6.30. The van der Waals surface area contributed by atoms with E-state index in [-0.39, 0.29) is 17.1 Å². The molecule has 2 N–H and O–H groups in total. The monoisotopic (exact) mass is 401 g/mol. The average molecular weight is 402 g/mol. The third-order valence-corrected chi connectivity index (χ3v) is 4.49. The van der Waals surface area contributed by atoms with E-state index in [9.17, 15) is 4.39 Å². The Morgan fingerprint density at radius 2 is 1.93 bits per heavy atom. The van der Waals surface area contributed by atoms with Crippen LogP contribution in [0.25, 0.3) is 22.4 Å². The van der Waals surface area contributed by atoms with Gasteiger partial charge in [0.2, 0.25) is 5.89 Å². The molecule has 6 nitrogen and oxygen atoms in total. The number of fused-ring (bicyclic) bond motifs is 1. The number of benzene rings is 2. The lowest BCUT2D eigenvalue weighted by Crippen LogP contribution is -2.07. The molecule has 0 fully saturated rings. The number of H-pyrrole nitrogens is 1. The maximum Gasteiger partial charge on any atom is 0.316 e. The van der Waals surface area contributed by atoms with Crippen LogP contribution in [0, 0.1) is 12.7 Å². The van der Waals surface area contributed by atoms with E-state index in [1.165, 1.54) is 6.07 Å². The zero-order chi connectivity index (χ0) is 20.3. The van der Waals surface area contributed by atoms with Crippen molar-refractivity contribution in [1.82, 2.24) is 20.4 Å². The summed E-state index contributed by atoms with van der Waals surface area (Å²) in [6.07, 6.45) is 0. The summed E-state index contributed by atoms with van der Waals surface area (Å²) >= 11 is 5.83. The quantitative estimate of drug-likeness (QED) is 0.444. The Morgan fingerprint density at radius 3 is 2.68 bits per heavy atom. The smallest absolute Gasteiger partial charge is 0.316 e. The van der Waals surface area contributed by atoms with E-state index in [1.807, 2.05) is 45.9 Å². The minimum absolute atomic E-state index is 0.0751. The zero-order valence-electron chi connectivity index (χ0n) is 16.0. The van der Waals surface area contributed by atoms with Crippen molar-refractivity contribution in [2.24, 2.45) is 0 Å². The van der Waals surface area contributed by atoms with Crippen LogP contribution in [0.3, 0.4) is 0 Å². The fraction of sp³-hybridized carbons (Fsp3) is 0.250. The van der Waals surface area contributed by atoms with Gasteiger partial charge in [0, 0.05) is 16.6 Å². The average Bonchev–Trinajstić information content (AvgIpc) is 3.32. The Balaban J connectivity index is 0.00000109. The van der Waals surface area contributed by atoms with Crippen molar-refractivity contribution in [3.63, 3.8) is 0 Å². The van der Waals surface area contributed by atoms with E-state index >= 15 is 0 Å². The van der Waals surface area contributed by atoms with Crippen molar-refractivity contribution < 1.29 is 8.81 Å². The Morgan fingerprint density at radius 1 is 1.14 bits per heavy atom. The second-order valence-electron chi connectivity index (χ2n) is 6.03. The first kappa shape index (κ1) is 19.8. The minimum Gasteiger partial charge on any atom is -0.403 e. The van der Waals surface area contributed by atoms with E-state index in [0.29, 0.717) is 5.89 Å². The van der Waals surface area contributed by atoms with Crippen LogP contribution in [0.15, 0.2) is 40.8 Å². The largest absolute Gasteiger partial charge is 0.403 e. The van der Waals surface area contributed by atoms with Crippen LogP contribution in [-0.4, -0.2) is 20.4 Å². The van der Waals surface area contributed by atoms with Crippen molar-refractivity contribution in [2.45, 2.75) is 33.7 Å². The SMILES string of the molecule is CC.Cc1[nH]nc2ccc(-c3nnc(NC(C)c4ccc(F)c(Cl)c4)o3)cc12. The summed E-state index contributed by atoms with van der Waals surface area (Å²) < 4.78 is 19.0. The van der Waals surface area contributed by atoms with Gasteiger partial charge >= 0.3 is 6.01 Å². The first-order valence-corrected chi connectivity index (χ1v) is 9.39. The van der Waals surface area contributed by atoms with Crippen LogP contribution in [0.2, 0.25) is 5.02 Å². The van der Waals surface area contributed by atoms with Gasteiger partial charge in [0.25, 0.3) is 0 Å². The Bertz CT molecular complexity index is 1090. The third kappa shape index (κ3) is 3.99.